The van der Waals surface area contributed by atoms with Crippen molar-refractivity contribution in [1.82, 2.24) is 0 Å². The molecule has 0 spiro atoms. The lowest BCUT2D eigenvalue weighted by atomic mass is 10.9. The molecule has 0 radical (unpaired) electrons. The molecule has 13 heavy (non-hydrogen) atoms. The van der Waals surface area contributed by atoms with Gasteiger partial charge in [-0.05, 0) is 0 Å². The van der Waals surface area contributed by atoms with Gasteiger partial charge in [-0.3, -0.25) is 4.57 Å². The van der Waals surface area contributed by atoms with Crippen molar-refractivity contribution in [3.05, 3.63) is 5.21 Å². The van der Waals surface area contributed by atoms with Crippen LogP contribution >= 0.6 is 44.8 Å². The smallest absolute Gasteiger partial charge is 0.384 e. The Morgan fingerprint density at radius 1 is 1.31 bits per heavy atom. The first-order valence-electron chi connectivity index (χ1n) is 3.22. The molecule has 8 heteroatoms. The molecule has 0 aliphatic carbocycles. The second-order valence-corrected chi connectivity index (χ2v) is 4.93. The van der Waals surface area contributed by atoms with E-state index < -0.39 is 12.2 Å². The SMILES string of the molecule is COP(=O)(C[N+](C)(C)[O-])OC.II. The average molecular weight is 437 g/mol. The summed E-state index contributed by atoms with van der Waals surface area (Å²) in [6.07, 6.45) is -0.167. The largest absolute Gasteiger partial charge is 0.633 e. The molecular weight excluding hydrogens is 423 g/mol. The van der Waals surface area contributed by atoms with Crippen LogP contribution in [0.4, 0.5) is 0 Å². The van der Waals surface area contributed by atoms with Crippen LogP contribution in [-0.4, -0.2) is 39.2 Å². The van der Waals surface area contributed by atoms with E-state index in [0.717, 1.165) is 0 Å². The lowest BCUT2D eigenvalue weighted by Crippen LogP contribution is -2.33. The first kappa shape index (κ1) is 16.9. The zero-order valence-electron chi connectivity index (χ0n) is 7.99. The van der Waals surface area contributed by atoms with Gasteiger partial charge in [-0.25, -0.2) is 0 Å². The maximum absolute atomic E-state index is 11.3. The molecule has 0 unspecified atom stereocenters. The summed E-state index contributed by atoms with van der Waals surface area (Å²) in [4.78, 5) is 0. The highest BCUT2D eigenvalue weighted by molar-refractivity contribution is 15.0. The molecule has 0 bridgehead atoms. The van der Waals surface area contributed by atoms with E-state index in [0.29, 0.717) is 0 Å². The fourth-order valence-electron chi connectivity index (χ4n) is 0.607. The molecule has 0 rings (SSSR count). The van der Waals surface area contributed by atoms with Gasteiger partial charge in [0.2, 0.25) is 0 Å². The number of quaternary nitrogens is 1. The Morgan fingerprint density at radius 2 is 1.62 bits per heavy atom. The predicted octanol–water partition coefficient (Wildman–Crippen LogP) is 2.78. The van der Waals surface area contributed by atoms with Crippen molar-refractivity contribution in [1.29, 1.82) is 0 Å². The second kappa shape index (κ2) is 7.77. The molecule has 0 aromatic rings. The molecule has 82 valence electrons. The van der Waals surface area contributed by atoms with Crippen molar-refractivity contribution in [2.24, 2.45) is 0 Å². The first-order chi connectivity index (χ1) is 5.83. The van der Waals surface area contributed by atoms with Gasteiger partial charge >= 0.3 is 7.60 Å². The first-order valence-corrected chi connectivity index (χ1v) is 11.2. The Kier molecular flexibility index (Phi) is 10.1. The number of hydroxylamine groups is 3. The molecule has 0 aliphatic heterocycles. The van der Waals surface area contributed by atoms with Crippen LogP contribution in [0.5, 0.6) is 0 Å². The molecular formula is C5H14I2NO4P. The summed E-state index contributed by atoms with van der Waals surface area (Å²) in [5.41, 5.74) is 0. The van der Waals surface area contributed by atoms with Gasteiger partial charge in [0.15, 0.2) is 6.29 Å². The highest BCUT2D eigenvalue weighted by Gasteiger charge is 2.27. The van der Waals surface area contributed by atoms with E-state index in [9.17, 15) is 9.77 Å². The lowest BCUT2D eigenvalue weighted by Gasteiger charge is -2.34. The summed E-state index contributed by atoms with van der Waals surface area (Å²) in [5.74, 6) is 0. The zero-order valence-corrected chi connectivity index (χ0v) is 13.2. The van der Waals surface area contributed by atoms with Crippen LogP contribution in [0.3, 0.4) is 0 Å². The van der Waals surface area contributed by atoms with Crippen molar-refractivity contribution in [2.75, 3.05) is 34.6 Å². The molecule has 0 saturated carbocycles. The third kappa shape index (κ3) is 9.83. The minimum atomic E-state index is -3.14. The zero-order chi connectivity index (χ0) is 11.1. The summed E-state index contributed by atoms with van der Waals surface area (Å²) in [6, 6.07) is 0. The molecule has 0 aromatic heterocycles. The molecule has 0 N–H and O–H groups in total. The molecule has 5 nitrogen and oxygen atoms in total. The molecule has 0 saturated heterocycles. The number of hydrogen-bond acceptors (Lipinski definition) is 4. The van der Waals surface area contributed by atoms with Crippen molar-refractivity contribution >= 4 is 44.8 Å². The molecule has 0 amide bonds. The summed E-state index contributed by atoms with van der Waals surface area (Å²) in [5, 5.41) is 11.0. The third-order valence-electron chi connectivity index (χ3n) is 1.07. The number of hydrogen-bond donors (Lipinski definition) is 0. The second-order valence-electron chi connectivity index (χ2n) is 2.69. The minimum absolute atomic E-state index is 0.167. The fraction of sp³-hybridized carbons (Fsp3) is 1.00. The molecule has 0 atom stereocenters. The van der Waals surface area contributed by atoms with Gasteiger partial charge in [-0.1, -0.05) is 0 Å². The normalized spacial score (nSPS) is 11.9. The van der Waals surface area contributed by atoms with Crippen LogP contribution < -0.4 is 0 Å². The minimum Gasteiger partial charge on any atom is -0.633 e. The molecule has 0 aliphatic rings. The Bertz CT molecular complexity index is 164. The van der Waals surface area contributed by atoms with Crippen molar-refractivity contribution in [2.45, 2.75) is 0 Å². The van der Waals surface area contributed by atoms with Crippen LogP contribution in [0.15, 0.2) is 0 Å². The Labute approximate surface area is 102 Å². The topological polar surface area (TPSA) is 58.6 Å². The maximum Gasteiger partial charge on any atom is 0.384 e. The Balaban J connectivity index is 0. The average Bonchev–Trinajstić information content (AvgIpc) is 2.05. The van der Waals surface area contributed by atoms with Gasteiger partial charge < -0.3 is 18.9 Å². The Morgan fingerprint density at radius 3 is 1.69 bits per heavy atom. The van der Waals surface area contributed by atoms with Gasteiger partial charge in [0.1, 0.15) is 0 Å². The summed E-state index contributed by atoms with van der Waals surface area (Å²) in [7, 11) is 2.14. The highest BCUT2D eigenvalue weighted by atomic mass is 128. The van der Waals surface area contributed by atoms with Crippen molar-refractivity contribution < 1.29 is 18.3 Å². The van der Waals surface area contributed by atoms with Crippen LogP contribution in [0.25, 0.3) is 0 Å². The number of halogens is 2. The Hall–Kier alpha value is 1.53. The standard InChI is InChI=1S/C5H14NO4P.I2/c1-6(2,7)5-11(8,9-3)10-4;1-2/h5H2,1-4H3;. The van der Waals surface area contributed by atoms with Crippen LogP contribution in [-0.2, 0) is 13.6 Å². The van der Waals surface area contributed by atoms with Crippen LogP contribution in [0, 0.1) is 5.21 Å². The third-order valence-corrected chi connectivity index (χ3v) is 3.21. The summed E-state index contributed by atoms with van der Waals surface area (Å²) < 4.78 is 19.8. The van der Waals surface area contributed by atoms with Gasteiger partial charge in [-0.2, -0.15) is 0 Å². The molecule has 0 fully saturated rings. The summed E-state index contributed by atoms with van der Waals surface area (Å²) in [6.45, 7) is 0. The predicted molar refractivity (Wildman–Crippen MR) is 70.0 cm³/mol. The van der Waals surface area contributed by atoms with Crippen LogP contribution in [0.2, 0.25) is 0 Å². The lowest BCUT2D eigenvalue weighted by molar-refractivity contribution is -0.828. The van der Waals surface area contributed by atoms with Gasteiger partial charge in [0, 0.05) is 51.5 Å². The number of nitrogens with zero attached hydrogens (tertiary/aromatic N) is 1. The molecule has 0 aromatic carbocycles. The van der Waals surface area contributed by atoms with E-state index in [1.807, 2.05) is 0 Å². The van der Waals surface area contributed by atoms with Crippen molar-refractivity contribution in [3.8, 4) is 0 Å². The van der Waals surface area contributed by atoms with Crippen LogP contribution in [0.1, 0.15) is 0 Å². The van der Waals surface area contributed by atoms with E-state index >= 15 is 0 Å². The van der Waals surface area contributed by atoms with E-state index in [4.69, 9.17) is 0 Å². The van der Waals surface area contributed by atoms with Crippen molar-refractivity contribution in [3.63, 3.8) is 0 Å². The van der Waals surface area contributed by atoms with E-state index in [-0.39, 0.29) is 6.29 Å². The van der Waals surface area contributed by atoms with E-state index in [1.54, 1.807) is 0 Å². The van der Waals surface area contributed by atoms with Gasteiger partial charge in [-0.15, -0.1) is 0 Å². The number of rotatable bonds is 4. The maximum atomic E-state index is 11.3. The quantitative estimate of drug-likeness (QED) is 0.294. The summed E-state index contributed by atoms with van der Waals surface area (Å²) >= 11 is 4.24. The highest BCUT2D eigenvalue weighted by Crippen LogP contribution is 2.47. The van der Waals surface area contributed by atoms with Gasteiger partial charge in [0.05, 0.1) is 14.1 Å². The van der Waals surface area contributed by atoms with Gasteiger partial charge in [0.25, 0.3) is 0 Å². The molecule has 0 heterocycles. The van der Waals surface area contributed by atoms with E-state index in [2.05, 4.69) is 46.3 Å². The van der Waals surface area contributed by atoms with E-state index in [1.165, 1.54) is 28.3 Å². The monoisotopic (exact) mass is 437 g/mol. The fourth-order valence-corrected chi connectivity index (χ4v) is 1.82.